The first-order valence-electron chi connectivity index (χ1n) is 7.33. The molecule has 118 valence electrons. The van der Waals surface area contributed by atoms with Gasteiger partial charge in [0.1, 0.15) is 5.82 Å². The Morgan fingerprint density at radius 1 is 1.52 bits per heavy atom. The van der Waals surface area contributed by atoms with E-state index >= 15 is 0 Å². The smallest absolute Gasteiger partial charge is 0.254 e. The number of carbonyl (C=O) groups is 1. The molecule has 0 spiro atoms. The van der Waals surface area contributed by atoms with Crippen LogP contribution in [0.3, 0.4) is 0 Å². The van der Waals surface area contributed by atoms with E-state index in [0.717, 1.165) is 5.69 Å². The minimum Gasteiger partial charge on any atom is -0.347 e. The molecule has 2 aromatic rings. The summed E-state index contributed by atoms with van der Waals surface area (Å²) in [6.07, 6.45) is 6.11. The van der Waals surface area contributed by atoms with Crippen LogP contribution in [0.15, 0.2) is 30.7 Å². The summed E-state index contributed by atoms with van der Waals surface area (Å²) >= 11 is 0. The predicted octanol–water partition coefficient (Wildman–Crippen LogP) is 1.60. The van der Waals surface area contributed by atoms with Crippen molar-refractivity contribution in [1.82, 2.24) is 19.8 Å². The fourth-order valence-corrected chi connectivity index (χ4v) is 2.64. The highest BCUT2D eigenvalue weighted by molar-refractivity contribution is 5.94. The monoisotopic (exact) mass is 313 g/mol. The first kappa shape index (κ1) is 15.0. The number of aryl methyl sites for hydroxylation is 1. The number of hydrogen-bond donors (Lipinski definition) is 1. The lowest BCUT2D eigenvalue weighted by molar-refractivity contribution is 0.0935. The lowest BCUT2D eigenvalue weighted by Crippen LogP contribution is -2.36. The first-order chi connectivity index (χ1) is 11.1. The van der Waals surface area contributed by atoms with Gasteiger partial charge in [0.25, 0.3) is 5.91 Å². The third-order valence-corrected chi connectivity index (χ3v) is 3.87. The number of nitrogens with zero attached hydrogens (tertiary/aromatic N) is 4. The molecular weight excluding hydrogens is 297 g/mol. The van der Waals surface area contributed by atoms with Gasteiger partial charge in [0.05, 0.1) is 17.6 Å². The zero-order valence-corrected chi connectivity index (χ0v) is 12.7. The molecule has 7 heteroatoms. The molecule has 0 saturated carbocycles. The number of nitriles is 1. The Morgan fingerprint density at radius 2 is 2.35 bits per heavy atom. The Bertz CT molecular complexity index is 779. The number of rotatable bonds is 3. The maximum atomic E-state index is 14.3. The molecule has 3 rings (SSSR count). The van der Waals surface area contributed by atoms with Gasteiger partial charge in [0.2, 0.25) is 0 Å². The molecule has 1 amide bonds. The standard InChI is InChI=1S/C16H16FN5O/c1-11-7-22(10-19-11)13-2-3-14(15(17)6-13)16(23)20-12-4-5-21(8-12)9-18/h2-3,6-7,10,12H,4-5,8H2,1H3,(H,20,23)/t12-/m1/s1. The zero-order chi connectivity index (χ0) is 16.4. The van der Waals surface area contributed by atoms with Gasteiger partial charge in [0, 0.05) is 31.0 Å². The van der Waals surface area contributed by atoms with E-state index < -0.39 is 11.7 Å². The minimum atomic E-state index is -0.582. The van der Waals surface area contributed by atoms with Crippen LogP contribution >= 0.6 is 0 Å². The summed E-state index contributed by atoms with van der Waals surface area (Å²) in [4.78, 5) is 17.9. The summed E-state index contributed by atoms with van der Waals surface area (Å²) in [6.45, 7) is 2.93. The van der Waals surface area contributed by atoms with Crippen LogP contribution in [0.4, 0.5) is 4.39 Å². The summed E-state index contributed by atoms with van der Waals surface area (Å²) in [5.41, 5.74) is 1.44. The highest BCUT2D eigenvalue weighted by Gasteiger charge is 2.24. The number of benzene rings is 1. The van der Waals surface area contributed by atoms with Crippen LogP contribution in [0.25, 0.3) is 5.69 Å². The number of halogens is 1. The van der Waals surface area contributed by atoms with Crippen molar-refractivity contribution in [2.75, 3.05) is 13.1 Å². The number of imidazole rings is 1. The second-order valence-electron chi connectivity index (χ2n) is 5.59. The van der Waals surface area contributed by atoms with E-state index in [1.165, 1.54) is 12.1 Å². The average Bonchev–Trinajstić information content (AvgIpc) is 3.16. The molecule has 1 aliphatic rings. The second kappa shape index (κ2) is 6.08. The Morgan fingerprint density at radius 3 is 2.96 bits per heavy atom. The second-order valence-corrected chi connectivity index (χ2v) is 5.59. The minimum absolute atomic E-state index is 0.000921. The van der Waals surface area contributed by atoms with Gasteiger partial charge in [-0.2, -0.15) is 5.26 Å². The molecule has 0 bridgehead atoms. The van der Waals surface area contributed by atoms with Crippen molar-refractivity contribution >= 4 is 5.91 Å². The molecule has 1 atom stereocenters. The van der Waals surface area contributed by atoms with Crippen molar-refractivity contribution in [2.45, 2.75) is 19.4 Å². The third kappa shape index (κ3) is 3.16. The average molecular weight is 313 g/mol. The fraction of sp³-hybridized carbons (Fsp3) is 0.312. The van der Waals surface area contributed by atoms with Crippen LogP contribution in [0.2, 0.25) is 0 Å². The Labute approximate surface area is 133 Å². The van der Waals surface area contributed by atoms with E-state index in [1.807, 2.05) is 13.1 Å². The third-order valence-electron chi connectivity index (χ3n) is 3.87. The highest BCUT2D eigenvalue weighted by atomic mass is 19.1. The van der Waals surface area contributed by atoms with Crippen LogP contribution in [0.1, 0.15) is 22.5 Å². The molecule has 6 nitrogen and oxygen atoms in total. The van der Waals surface area contributed by atoms with Gasteiger partial charge in [-0.25, -0.2) is 9.37 Å². The lowest BCUT2D eigenvalue weighted by Gasteiger charge is -2.13. The lowest BCUT2D eigenvalue weighted by atomic mass is 10.1. The van der Waals surface area contributed by atoms with Gasteiger partial charge in [0.15, 0.2) is 6.19 Å². The van der Waals surface area contributed by atoms with E-state index in [4.69, 9.17) is 5.26 Å². The number of amides is 1. The summed E-state index contributed by atoms with van der Waals surface area (Å²) in [5.74, 6) is -1.04. The van der Waals surface area contributed by atoms with Crippen molar-refractivity contribution in [2.24, 2.45) is 0 Å². The predicted molar refractivity (Wildman–Crippen MR) is 81.3 cm³/mol. The number of aromatic nitrogens is 2. The number of carbonyl (C=O) groups excluding carboxylic acids is 1. The SMILES string of the molecule is Cc1cn(-c2ccc(C(=O)N[C@@H]3CCN(C#N)C3)c(F)c2)cn1. The van der Waals surface area contributed by atoms with Gasteiger partial charge in [-0.15, -0.1) is 0 Å². The topological polar surface area (TPSA) is 74.0 Å². The van der Waals surface area contributed by atoms with Crippen LogP contribution in [-0.2, 0) is 0 Å². The molecule has 1 saturated heterocycles. The van der Waals surface area contributed by atoms with E-state index in [0.29, 0.717) is 25.2 Å². The molecule has 1 N–H and O–H groups in total. The van der Waals surface area contributed by atoms with E-state index in [9.17, 15) is 9.18 Å². The summed E-state index contributed by atoms with van der Waals surface area (Å²) in [5, 5.41) is 11.6. The number of nitrogens with one attached hydrogen (secondary N) is 1. The molecule has 1 aliphatic heterocycles. The van der Waals surface area contributed by atoms with E-state index in [-0.39, 0.29) is 11.6 Å². The number of likely N-dealkylation sites (tertiary alicyclic amines) is 1. The van der Waals surface area contributed by atoms with Gasteiger partial charge >= 0.3 is 0 Å². The highest BCUT2D eigenvalue weighted by Crippen LogP contribution is 2.16. The van der Waals surface area contributed by atoms with Gasteiger partial charge in [-0.1, -0.05) is 0 Å². The summed E-state index contributed by atoms with van der Waals surface area (Å²) in [7, 11) is 0. The normalized spacial score (nSPS) is 17.1. The van der Waals surface area contributed by atoms with Crippen molar-refractivity contribution in [1.29, 1.82) is 5.26 Å². The first-order valence-corrected chi connectivity index (χ1v) is 7.33. The molecule has 0 unspecified atom stereocenters. The van der Waals surface area contributed by atoms with Crippen LogP contribution in [-0.4, -0.2) is 39.5 Å². The molecule has 1 aromatic heterocycles. The molecule has 1 fully saturated rings. The molecule has 1 aromatic carbocycles. The maximum absolute atomic E-state index is 14.3. The molecular formula is C16H16FN5O. The van der Waals surface area contributed by atoms with Crippen LogP contribution < -0.4 is 5.32 Å². The van der Waals surface area contributed by atoms with Crippen molar-refractivity contribution in [3.05, 3.63) is 47.8 Å². The molecule has 23 heavy (non-hydrogen) atoms. The number of hydrogen-bond acceptors (Lipinski definition) is 4. The van der Waals surface area contributed by atoms with Crippen LogP contribution in [0, 0.1) is 24.2 Å². The van der Waals surface area contributed by atoms with Crippen LogP contribution in [0.5, 0.6) is 0 Å². The van der Waals surface area contributed by atoms with Crippen molar-refractivity contribution < 1.29 is 9.18 Å². The quantitative estimate of drug-likeness (QED) is 0.874. The van der Waals surface area contributed by atoms with Crippen molar-refractivity contribution in [3.8, 4) is 11.9 Å². The fourth-order valence-electron chi connectivity index (χ4n) is 2.64. The van der Waals surface area contributed by atoms with E-state index in [1.54, 1.807) is 28.1 Å². The van der Waals surface area contributed by atoms with Gasteiger partial charge in [-0.3, -0.25) is 4.79 Å². The van der Waals surface area contributed by atoms with E-state index in [2.05, 4.69) is 10.3 Å². The Kier molecular flexibility index (Phi) is 3.98. The molecule has 0 radical (unpaired) electrons. The molecule has 0 aliphatic carbocycles. The maximum Gasteiger partial charge on any atom is 0.254 e. The largest absolute Gasteiger partial charge is 0.347 e. The summed E-state index contributed by atoms with van der Waals surface area (Å²) in [6, 6.07) is 4.33. The summed E-state index contributed by atoms with van der Waals surface area (Å²) < 4.78 is 15.9. The molecule has 2 heterocycles. The van der Waals surface area contributed by atoms with Gasteiger partial charge < -0.3 is 14.8 Å². The Balaban J connectivity index is 1.73. The zero-order valence-electron chi connectivity index (χ0n) is 12.7. The van der Waals surface area contributed by atoms with Gasteiger partial charge in [-0.05, 0) is 31.5 Å². The van der Waals surface area contributed by atoms with Crippen molar-refractivity contribution in [3.63, 3.8) is 0 Å². The Hall–Kier alpha value is -2.88.